The van der Waals surface area contributed by atoms with Crippen LogP contribution in [-0.4, -0.2) is 9.97 Å². The van der Waals surface area contributed by atoms with Crippen molar-refractivity contribution in [1.29, 1.82) is 0 Å². The van der Waals surface area contributed by atoms with Crippen LogP contribution in [0.5, 0.6) is 0 Å². The smallest absolute Gasteiger partial charge is 0.221 e. The van der Waals surface area contributed by atoms with Crippen molar-refractivity contribution in [3.63, 3.8) is 0 Å². The molecule has 2 rings (SSSR count). The van der Waals surface area contributed by atoms with E-state index >= 15 is 0 Å². The highest BCUT2D eigenvalue weighted by molar-refractivity contribution is 9.10. The van der Waals surface area contributed by atoms with Gasteiger partial charge in [0.15, 0.2) is 0 Å². The quantitative estimate of drug-likeness (QED) is 0.913. The Morgan fingerprint density at radius 1 is 1.35 bits per heavy atom. The zero-order valence-corrected chi connectivity index (χ0v) is 11.0. The number of nitrogens with two attached hydrogens (primary N) is 1. The number of hydrogen-bond donors (Lipinski definition) is 2. The third kappa shape index (κ3) is 2.94. The summed E-state index contributed by atoms with van der Waals surface area (Å²) in [6.07, 6.45) is 1.64. The molecule has 4 nitrogen and oxygen atoms in total. The molecule has 5 heteroatoms. The molecule has 17 heavy (non-hydrogen) atoms. The van der Waals surface area contributed by atoms with E-state index in [4.69, 9.17) is 5.73 Å². The number of anilines is 2. The standard InChI is InChI=1S/C12H13BrN4/c1-8-4-2-3-5-9(8)6-15-11-10(13)7-16-12(14)17-11/h2-5,7H,6H2,1H3,(H3,14,15,16,17). The van der Waals surface area contributed by atoms with Crippen molar-refractivity contribution in [3.8, 4) is 0 Å². The highest BCUT2D eigenvalue weighted by atomic mass is 79.9. The number of benzene rings is 1. The molecule has 3 N–H and O–H groups in total. The average Bonchev–Trinajstić information content (AvgIpc) is 2.32. The summed E-state index contributed by atoms with van der Waals surface area (Å²) in [4.78, 5) is 8.02. The second-order valence-electron chi connectivity index (χ2n) is 3.70. The first-order chi connectivity index (χ1) is 8.16. The zero-order valence-electron chi connectivity index (χ0n) is 9.44. The fourth-order valence-electron chi connectivity index (χ4n) is 1.49. The van der Waals surface area contributed by atoms with Crippen molar-refractivity contribution in [3.05, 3.63) is 46.1 Å². The van der Waals surface area contributed by atoms with E-state index in [9.17, 15) is 0 Å². The SMILES string of the molecule is Cc1ccccc1CNc1nc(N)ncc1Br. The van der Waals surface area contributed by atoms with Gasteiger partial charge in [0.25, 0.3) is 0 Å². The Kier molecular flexibility index (Phi) is 3.58. The van der Waals surface area contributed by atoms with E-state index in [1.807, 2.05) is 12.1 Å². The van der Waals surface area contributed by atoms with Crippen LogP contribution in [-0.2, 0) is 6.54 Å². The van der Waals surface area contributed by atoms with Crippen molar-refractivity contribution in [1.82, 2.24) is 9.97 Å². The first-order valence-electron chi connectivity index (χ1n) is 5.23. The van der Waals surface area contributed by atoms with Gasteiger partial charge in [-0.05, 0) is 34.0 Å². The van der Waals surface area contributed by atoms with E-state index in [0.29, 0.717) is 12.4 Å². The van der Waals surface area contributed by atoms with Gasteiger partial charge in [-0.1, -0.05) is 24.3 Å². The van der Waals surface area contributed by atoms with Gasteiger partial charge in [-0.3, -0.25) is 0 Å². The Morgan fingerprint density at radius 2 is 2.12 bits per heavy atom. The summed E-state index contributed by atoms with van der Waals surface area (Å²) >= 11 is 3.38. The minimum atomic E-state index is 0.264. The summed E-state index contributed by atoms with van der Waals surface area (Å²) in [6.45, 7) is 2.79. The van der Waals surface area contributed by atoms with Crippen LogP contribution < -0.4 is 11.1 Å². The van der Waals surface area contributed by atoms with E-state index in [-0.39, 0.29) is 5.95 Å². The largest absolute Gasteiger partial charge is 0.368 e. The summed E-state index contributed by atoms with van der Waals surface area (Å²) in [5, 5.41) is 3.23. The molecular formula is C12H13BrN4. The van der Waals surface area contributed by atoms with E-state index in [0.717, 1.165) is 4.47 Å². The lowest BCUT2D eigenvalue weighted by Gasteiger charge is -2.09. The second-order valence-corrected chi connectivity index (χ2v) is 4.56. The summed E-state index contributed by atoms with van der Waals surface area (Å²) < 4.78 is 0.806. The monoisotopic (exact) mass is 292 g/mol. The molecule has 0 atom stereocenters. The second kappa shape index (κ2) is 5.14. The number of nitrogens with one attached hydrogen (secondary N) is 1. The maximum atomic E-state index is 5.54. The Bertz CT molecular complexity index is 528. The molecule has 1 aromatic heterocycles. The fraction of sp³-hybridized carbons (Fsp3) is 0.167. The topological polar surface area (TPSA) is 63.8 Å². The summed E-state index contributed by atoms with van der Waals surface area (Å²) in [5.74, 6) is 0.973. The average molecular weight is 293 g/mol. The van der Waals surface area contributed by atoms with Crippen LogP contribution in [0, 0.1) is 6.92 Å². The van der Waals surface area contributed by atoms with Crippen molar-refractivity contribution in [2.75, 3.05) is 11.1 Å². The van der Waals surface area contributed by atoms with Gasteiger partial charge >= 0.3 is 0 Å². The maximum absolute atomic E-state index is 5.54. The van der Waals surface area contributed by atoms with Crippen molar-refractivity contribution in [2.24, 2.45) is 0 Å². The van der Waals surface area contributed by atoms with Crippen LogP contribution in [0.25, 0.3) is 0 Å². The Morgan fingerprint density at radius 3 is 2.88 bits per heavy atom. The van der Waals surface area contributed by atoms with Gasteiger partial charge in [-0.15, -0.1) is 0 Å². The molecule has 0 fully saturated rings. The summed E-state index contributed by atoms with van der Waals surface area (Å²) in [7, 11) is 0. The molecule has 1 aromatic carbocycles. The fourth-order valence-corrected chi connectivity index (χ4v) is 1.82. The van der Waals surface area contributed by atoms with E-state index in [1.54, 1.807) is 6.20 Å². The highest BCUT2D eigenvalue weighted by Crippen LogP contribution is 2.20. The molecule has 0 aliphatic rings. The number of nitrogen functional groups attached to an aromatic ring is 1. The lowest BCUT2D eigenvalue weighted by Crippen LogP contribution is -2.05. The van der Waals surface area contributed by atoms with Gasteiger partial charge in [0.2, 0.25) is 5.95 Å². The van der Waals surface area contributed by atoms with Crippen LogP contribution in [0.1, 0.15) is 11.1 Å². The van der Waals surface area contributed by atoms with E-state index in [1.165, 1.54) is 11.1 Å². The van der Waals surface area contributed by atoms with Gasteiger partial charge < -0.3 is 11.1 Å². The van der Waals surface area contributed by atoms with E-state index < -0.39 is 0 Å². The molecule has 88 valence electrons. The first kappa shape index (κ1) is 11.9. The van der Waals surface area contributed by atoms with Gasteiger partial charge in [-0.2, -0.15) is 4.98 Å². The minimum absolute atomic E-state index is 0.264. The van der Waals surface area contributed by atoms with Gasteiger partial charge in [-0.25, -0.2) is 4.98 Å². The highest BCUT2D eigenvalue weighted by Gasteiger charge is 2.03. The third-order valence-electron chi connectivity index (χ3n) is 2.47. The molecule has 0 spiro atoms. The molecule has 0 aliphatic heterocycles. The molecular weight excluding hydrogens is 280 g/mol. The molecule has 0 bridgehead atoms. The van der Waals surface area contributed by atoms with E-state index in [2.05, 4.69) is 50.3 Å². The minimum Gasteiger partial charge on any atom is -0.368 e. The molecule has 0 radical (unpaired) electrons. The van der Waals surface area contributed by atoms with Gasteiger partial charge in [0.1, 0.15) is 5.82 Å². The molecule has 0 saturated heterocycles. The van der Waals surface area contributed by atoms with Crippen LogP contribution >= 0.6 is 15.9 Å². The Labute approximate surface area is 108 Å². The van der Waals surface area contributed by atoms with Crippen LogP contribution in [0.3, 0.4) is 0 Å². The lowest BCUT2D eigenvalue weighted by molar-refractivity contribution is 1.07. The van der Waals surface area contributed by atoms with Crippen molar-refractivity contribution >= 4 is 27.7 Å². The third-order valence-corrected chi connectivity index (χ3v) is 3.05. The van der Waals surface area contributed by atoms with Gasteiger partial charge in [0.05, 0.1) is 4.47 Å². The number of nitrogens with zero attached hydrogens (tertiary/aromatic N) is 2. The zero-order chi connectivity index (χ0) is 12.3. The number of hydrogen-bond acceptors (Lipinski definition) is 4. The van der Waals surface area contributed by atoms with Crippen molar-refractivity contribution in [2.45, 2.75) is 13.5 Å². The Balaban J connectivity index is 2.12. The molecule has 1 heterocycles. The number of aromatic nitrogens is 2. The first-order valence-corrected chi connectivity index (χ1v) is 6.02. The van der Waals surface area contributed by atoms with Crippen LogP contribution in [0.15, 0.2) is 34.9 Å². The van der Waals surface area contributed by atoms with Crippen molar-refractivity contribution < 1.29 is 0 Å². The predicted molar refractivity (Wildman–Crippen MR) is 72.7 cm³/mol. The lowest BCUT2D eigenvalue weighted by atomic mass is 10.1. The van der Waals surface area contributed by atoms with Gasteiger partial charge in [0, 0.05) is 12.7 Å². The summed E-state index contributed by atoms with van der Waals surface area (Å²) in [6, 6.07) is 8.21. The molecule has 0 amide bonds. The molecule has 0 aliphatic carbocycles. The molecule has 0 unspecified atom stereocenters. The van der Waals surface area contributed by atoms with Crippen LogP contribution in [0.2, 0.25) is 0 Å². The number of halogens is 1. The van der Waals surface area contributed by atoms with Crippen LogP contribution in [0.4, 0.5) is 11.8 Å². The molecule has 0 saturated carbocycles. The number of aryl methyl sites for hydroxylation is 1. The molecule has 2 aromatic rings. The number of rotatable bonds is 3. The summed E-state index contributed by atoms with van der Waals surface area (Å²) in [5.41, 5.74) is 8.02. The maximum Gasteiger partial charge on any atom is 0.221 e. The predicted octanol–water partition coefficient (Wildman–Crippen LogP) is 2.74. The normalized spacial score (nSPS) is 10.2. The Hall–Kier alpha value is -1.62.